The van der Waals surface area contributed by atoms with Crippen molar-refractivity contribution in [2.24, 2.45) is 0 Å². The first kappa shape index (κ1) is 35.1. The summed E-state index contributed by atoms with van der Waals surface area (Å²) in [6, 6.07) is 1.83. The predicted octanol–water partition coefficient (Wildman–Crippen LogP) is 6.35. The SMILES string of the molecule is CCN(C)C(=O)C(=O)Cc1cccc(C(=O)Nc2c(Br)cc(C(F)(C(F)(F)F)C(F)(F)F)cc2S(=O)C(F)(F)F)c1F. The monoisotopic (exact) mass is 704 g/mol. The second-order valence-electron chi connectivity index (χ2n) is 8.35. The molecule has 2 aromatic carbocycles. The predicted molar refractivity (Wildman–Crippen MR) is 128 cm³/mol. The fraction of sp³-hybridized carbons (Fsp3) is 0.348. The number of hydrogen-bond acceptors (Lipinski definition) is 4. The highest BCUT2D eigenvalue weighted by molar-refractivity contribution is 9.10. The number of carbonyl (C=O) groups is 3. The Balaban J connectivity index is 2.66. The van der Waals surface area contributed by atoms with Crippen LogP contribution < -0.4 is 5.32 Å². The minimum Gasteiger partial charge on any atom is -0.339 e. The Morgan fingerprint density at radius 2 is 1.50 bits per heavy atom. The van der Waals surface area contributed by atoms with E-state index in [0.717, 1.165) is 23.1 Å². The summed E-state index contributed by atoms with van der Waals surface area (Å²) in [4.78, 5) is 36.0. The molecule has 0 saturated carbocycles. The van der Waals surface area contributed by atoms with E-state index in [-0.39, 0.29) is 12.6 Å². The fourth-order valence-electron chi connectivity index (χ4n) is 3.34. The molecule has 0 aliphatic carbocycles. The summed E-state index contributed by atoms with van der Waals surface area (Å²) in [6.07, 6.45) is -14.4. The summed E-state index contributed by atoms with van der Waals surface area (Å²) < 4.78 is 160. The van der Waals surface area contributed by atoms with E-state index in [2.05, 4.69) is 15.9 Å². The standard InChI is InChI=1S/C23H16BrF11N2O4S/c1-3-37(2)19(40)14(38)7-10-5-4-6-12(16(10)25)18(39)36-17-13(24)8-11(9-15(17)42(41)23(33,34)35)20(26,21(27,28)29)22(30,31)32/h4-6,8-9H,3,7H2,1-2H3,(H,36,39). The molecule has 2 aromatic rings. The van der Waals surface area contributed by atoms with E-state index in [9.17, 15) is 62.5 Å². The van der Waals surface area contributed by atoms with Crippen molar-refractivity contribution in [3.8, 4) is 0 Å². The second-order valence-corrected chi connectivity index (χ2v) is 10.6. The molecular formula is C23H16BrF11N2O4S. The number of alkyl halides is 10. The maximum Gasteiger partial charge on any atom is 0.475 e. The van der Waals surface area contributed by atoms with Crippen LogP contribution in [0.4, 0.5) is 54.0 Å². The highest BCUT2D eigenvalue weighted by Crippen LogP contribution is 2.54. The van der Waals surface area contributed by atoms with Gasteiger partial charge in [0.05, 0.1) is 16.1 Å². The van der Waals surface area contributed by atoms with Crippen LogP contribution in [0.2, 0.25) is 0 Å². The van der Waals surface area contributed by atoms with Gasteiger partial charge in [-0.15, -0.1) is 0 Å². The molecule has 1 unspecified atom stereocenters. The number of carbonyl (C=O) groups excluding carboxylic acids is 3. The number of rotatable bonds is 8. The molecule has 0 aromatic heterocycles. The Kier molecular flexibility index (Phi) is 10.2. The van der Waals surface area contributed by atoms with E-state index in [0.29, 0.717) is 0 Å². The minimum absolute atomic E-state index is 0.111. The van der Waals surface area contributed by atoms with Gasteiger partial charge in [0.2, 0.25) is 5.78 Å². The van der Waals surface area contributed by atoms with Gasteiger partial charge >= 0.3 is 23.5 Å². The van der Waals surface area contributed by atoms with Gasteiger partial charge in [-0.05, 0) is 46.6 Å². The molecule has 0 saturated heterocycles. The Labute approximate surface area is 239 Å². The number of halogens is 12. The third kappa shape index (κ3) is 6.92. The molecule has 42 heavy (non-hydrogen) atoms. The molecule has 0 fully saturated rings. The van der Waals surface area contributed by atoms with Gasteiger partial charge in [0.1, 0.15) is 5.82 Å². The molecular weight excluding hydrogens is 689 g/mol. The molecule has 232 valence electrons. The molecule has 0 bridgehead atoms. The van der Waals surface area contributed by atoms with Crippen molar-refractivity contribution in [3.63, 3.8) is 0 Å². The number of amides is 2. The Morgan fingerprint density at radius 1 is 0.952 bits per heavy atom. The third-order valence-electron chi connectivity index (χ3n) is 5.62. The minimum atomic E-state index is -6.75. The van der Waals surface area contributed by atoms with Gasteiger partial charge in [0.15, 0.2) is 10.8 Å². The average molecular weight is 705 g/mol. The number of nitrogens with one attached hydrogen (secondary N) is 1. The zero-order chi connectivity index (χ0) is 32.6. The zero-order valence-electron chi connectivity index (χ0n) is 20.8. The van der Waals surface area contributed by atoms with Crippen LogP contribution in [0.5, 0.6) is 0 Å². The summed E-state index contributed by atoms with van der Waals surface area (Å²) in [7, 11) is -3.18. The molecule has 6 nitrogen and oxygen atoms in total. The van der Waals surface area contributed by atoms with Crippen LogP contribution in [0.15, 0.2) is 39.7 Å². The van der Waals surface area contributed by atoms with Gasteiger partial charge in [-0.25, -0.2) is 13.0 Å². The molecule has 2 amide bonds. The first-order chi connectivity index (χ1) is 19.0. The average Bonchev–Trinajstić information content (AvgIpc) is 2.86. The molecule has 1 N–H and O–H groups in total. The fourth-order valence-corrected chi connectivity index (χ4v) is 4.86. The number of ketones is 1. The van der Waals surface area contributed by atoms with Crippen molar-refractivity contribution in [1.82, 2.24) is 4.90 Å². The number of anilines is 1. The number of benzene rings is 2. The molecule has 2 rings (SSSR count). The Hall–Kier alpha value is -3.09. The molecule has 1 atom stereocenters. The van der Waals surface area contributed by atoms with Crippen molar-refractivity contribution in [2.45, 2.75) is 41.8 Å². The van der Waals surface area contributed by atoms with E-state index in [1.165, 1.54) is 14.0 Å². The van der Waals surface area contributed by atoms with Crippen molar-refractivity contribution in [2.75, 3.05) is 18.9 Å². The summed E-state index contributed by atoms with van der Waals surface area (Å²) in [5, 5.41) is 1.61. The van der Waals surface area contributed by atoms with Crippen LogP contribution in [0.1, 0.15) is 28.4 Å². The largest absolute Gasteiger partial charge is 0.475 e. The molecule has 0 radical (unpaired) electrons. The number of Topliss-reactive ketones (excluding diaryl/α,β-unsaturated/α-hetero) is 1. The van der Waals surface area contributed by atoms with Gasteiger partial charge in [-0.2, -0.15) is 39.5 Å². The van der Waals surface area contributed by atoms with Crippen molar-refractivity contribution < 1.29 is 66.9 Å². The number of likely N-dealkylation sites (N-methyl/N-ethyl adjacent to an activating group) is 1. The number of nitrogens with zero attached hydrogens (tertiary/aromatic N) is 1. The lowest BCUT2D eigenvalue weighted by Crippen LogP contribution is -2.50. The van der Waals surface area contributed by atoms with Gasteiger partial charge in [0, 0.05) is 30.0 Å². The van der Waals surface area contributed by atoms with Crippen LogP contribution >= 0.6 is 15.9 Å². The molecule has 0 heterocycles. The third-order valence-corrected chi connectivity index (χ3v) is 7.38. The molecule has 0 aliphatic rings. The van der Waals surface area contributed by atoms with E-state index in [1.54, 1.807) is 5.32 Å². The van der Waals surface area contributed by atoms with Crippen LogP contribution in [0.3, 0.4) is 0 Å². The van der Waals surface area contributed by atoms with Gasteiger partial charge < -0.3 is 10.2 Å². The quantitative estimate of drug-likeness (QED) is 0.257. The summed E-state index contributed by atoms with van der Waals surface area (Å²) in [5.74, 6) is -5.25. The van der Waals surface area contributed by atoms with Crippen LogP contribution in [-0.4, -0.2) is 58.2 Å². The Morgan fingerprint density at radius 3 is 1.98 bits per heavy atom. The Bertz CT molecular complexity index is 1410. The van der Waals surface area contributed by atoms with Crippen molar-refractivity contribution >= 4 is 50.0 Å². The lowest BCUT2D eigenvalue weighted by atomic mass is 9.94. The first-order valence-corrected chi connectivity index (χ1v) is 12.9. The van der Waals surface area contributed by atoms with Crippen LogP contribution in [0.25, 0.3) is 0 Å². The highest BCUT2D eigenvalue weighted by Gasteiger charge is 2.73. The van der Waals surface area contributed by atoms with E-state index in [1.807, 2.05) is 0 Å². The van der Waals surface area contributed by atoms with Crippen molar-refractivity contribution in [1.29, 1.82) is 0 Å². The van der Waals surface area contributed by atoms with Crippen molar-refractivity contribution in [3.05, 3.63) is 57.3 Å². The first-order valence-electron chi connectivity index (χ1n) is 11.0. The van der Waals surface area contributed by atoms with E-state index >= 15 is 4.39 Å². The van der Waals surface area contributed by atoms with Gasteiger partial charge in [-0.3, -0.25) is 14.4 Å². The maximum atomic E-state index is 15.1. The second kappa shape index (κ2) is 12.3. The molecule has 19 heteroatoms. The molecule has 0 aliphatic heterocycles. The number of hydrogen-bond donors (Lipinski definition) is 1. The summed E-state index contributed by atoms with van der Waals surface area (Å²) >= 11 is 2.36. The lowest BCUT2D eigenvalue weighted by Gasteiger charge is -2.31. The highest BCUT2D eigenvalue weighted by atomic mass is 79.9. The topological polar surface area (TPSA) is 83.6 Å². The van der Waals surface area contributed by atoms with Gasteiger partial charge in [-0.1, -0.05) is 12.1 Å². The van der Waals surface area contributed by atoms with Crippen LogP contribution in [-0.2, 0) is 32.5 Å². The van der Waals surface area contributed by atoms with E-state index < -0.39 is 102 Å². The van der Waals surface area contributed by atoms with Crippen LogP contribution in [0, 0.1) is 5.82 Å². The maximum absolute atomic E-state index is 15.1. The molecule has 0 spiro atoms. The zero-order valence-corrected chi connectivity index (χ0v) is 23.2. The lowest BCUT2D eigenvalue weighted by molar-refractivity contribution is -0.348. The summed E-state index contributed by atoms with van der Waals surface area (Å²) in [5.41, 5.74) is -17.4. The smallest absolute Gasteiger partial charge is 0.339 e. The van der Waals surface area contributed by atoms with Gasteiger partial charge in [0.25, 0.3) is 11.8 Å². The van der Waals surface area contributed by atoms with E-state index in [4.69, 9.17) is 0 Å². The summed E-state index contributed by atoms with van der Waals surface area (Å²) in [6.45, 7) is 1.64. The normalized spacial score (nSPS) is 13.5.